The zero-order chi connectivity index (χ0) is 18.6. The van der Waals surface area contributed by atoms with E-state index in [-0.39, 0.29) is 5.82 Å². The van der Waals surface area contributed by atoms with E-state index >= 15 is 0 Å². The van der Waals surface area contributed by atoms with Gasteiger partial charge in [0.2, 0.25) is 0 Å². The predicted octanol–water partition coefficient (Wildman–Crippen LogP) is 3.73. The van der Waals surface area contributed by atoms with Gasteiger partial charge in [0.25, 0.3) is 0 Å². The maximum atomic E-state index is 13.6. The molecule has 3 aromatic heterocycles. The third-order valence-corrected chi connectivity index (χ3v) is 6.30. The number of pyridine rings is 1. The molecule has 0 amide bonds. The second kappa shape index (κ2) is 8.27. The normalized spacial score (nSPS) is 15.6. The molecule has 1 saturated heterocycles. The number of halogens is 1. The fraction of sp³-hybridized carbons (Fsp3) is 0.450. The van der Waals surface area contributed by atoms with E-state index in [0.717, 1.165) is 62.2 Å². The summed E-state index contributed by atoms with van der Waals surface area (Å²) in [6, 6.07) is 2.29. The van der Waals surface area contributed by atoms with E-state index in [9.17, 15) is 4.39 Å². The summed E-state index contributed by atoms with van der Waals surface area (Å²) in [5.74, 6) is 0.871. The highest BCUT2D eigenvalue weighted by molar-refractivity contribution is 7.18. The molecule has 4 rings (SSSR count). The van der Waals surface area contributed by atoms with E-state index in [1.54, 1.807) is 29.9 Å². The number of hydrogen-bond donors (Lipinski definition) is 1. The Morgan fingerprint density at radius 2 is 2.15 bits per heavy atom. The molecule has 1 fully saturated rings. The summed E-state index contributed by atoms with van der Waals surface area (Å²) in [5, 5.41) is 5.79. The molecule has 5 nitrogen and oxygen atoms in total. The summed E-state index contributed by atoms with van der Waals surface area (Å²) in [4.78, 5) is 15.1. The number of hydrogen-bond acceptors (Lipinski definition) is 6. The van der Waals surface area contributed by atoms with E-state index in [1.807, 2.05) is 0 Å². The van der Waals surface area contributed by atoms with Crippen LogP contribution in [0.25, 0.3) is 10.2 Å². The zero-order valence-corrected chi connectivity index (χ0v) is 16.3. The van der Waals surface area contributed by atoms with E-state index in [0.29, 0.717) is 6.04 Å². The molecular formula is C20H24FN5S. The fourth-order valence-electron chi connectivity index (χ4n) is 3.67. The van der Waals surface area contributed by atoms with Crippen LogP contribution in [0.1, 0.15) is 30.4 Å². The van der Waals surface area contributed by atoms with E-state index in [1.165, 1.54) is 16.5 Å². The average molecular weight is 386 g/mol. The van der Waals surface area contributed by atoms with Crippen molar-refractivity contribution < 1.29 is 4.39 Å². The number of nitrogens with zero attached hydrogens (tertiary/aromatic N) is 4. The van der Waals surface area contributed by atoms with Crippen molar-refractivity contribution in [2.45, 2.75) is 38.6 Å². The Morgan fingerprint density at radius 1 is 1.30 bits per heavy atom. The lowest BCUT2D eigenvalue weighted by atomic mass is 10.0. The standard InChI is InChI=1S/C20H24FN5S/c1-14-12-27-19-18(14)24-13-25-20(19)26-9-5-16(6-10-26)23-7-2-3-15-4-8-22-11-17(15)21/h4,8,11-13,16,23H,2-3,5-7,9-10H2,1H3. The molecule has 1 N–H and O–H groups in total. The fourth-order valence-corrected chi connectivity index (χ4v) is 4.69. The first-order valence-corrected chi connectivity index (χ1v) is 10.4. The number of aromatic nitrogens is 3. The second-order valence-corrected chi connectivity index (χ2v) is 7.96. The van der Waals surface area contributed by atoms with Crippen molar-refractivity contribution in [1.29, 1.82) is 0 Å². The molecule has 0 atom stereocenters. The van der Waals surface area contributed by atoms with Gasteiger partial charge in [0, 0.05) is 25.3 Å². The molecule has 0 saturated carbocycles. The topological polar surface area (TPSA) is 53.9 Å². The SMILES string of the molecule is Cc1csc2c(N3CCC(NCCCc4ccncc4F)CC3)ncnc12. The lowest BCUT2D eigenvalue weighted by molar-refractivity contribution is 0.411. The van der Waals surface area contributed by atoms with Gasteiger partial charge in [0.05, 0.1) is 16.4 Å². The van der Waals surface area contributed by atoms with Gasteiger partial charge in [0.15, 0.2) is 0 Å². The summed E-state index contributed by atoms with van der Waals surface area (Å²) < 4.78 is 14.8. The summed E-state index contributed by atoms with van der Waals surface area (Å²) in [5.41, 5.74) is 3.05. The number of piperidine rings is 1. The lowest BCUT2D eigenvalue weighted by Crippen LogP contribution is -2.43. The Morgan fingerprint density at radius 3 is 2.96 bits per heavy atom. The Labute approximate surface area is 162 Å². The van der Waals surface area contributed by atoms with Gasteiger partial charge in [-0.1, -0.05) is 0 Å². The first-order chi connectivity index (χ1) is 13.2. The van der Waals surface area contributed by atoms with Crippen LogP contribution < -0.4 is 10.2 Å². The van der Waals surface area contributed by atoms with Crippen LogP contribution in [0.3, 0.4) is 0 Å². The largest absolute Gasteiger partial charge is 0.355 e. The van der Waals surface area contributed by atoms with Crippen LogP contribution in [-0.4, -0.2) is 40.6 Å². The van der Waals surface area contributed by atoms with Gasteiger partial charge in [-0.3, -0.25) is 4.98 Å². The number of nitrogens with one attached hydrogen (secondary N) is 1. The molecule has 0 aromatic carbocycles. The van der Waals surface area contributed by atoms with Crippen molar-refractivity contribution in [3.63, 3.8) is 0 Å². The maximum absolute atomic E-state index is 13.6. The smallest absolute Gasteiger partial charge is 0.150 e. The van der Waals surface area contributed by atoms with E-state index in [4.69, 9.17) is 0 Å². The van der Waals surface area contributed by atoms with Crippen molar-refractivity contribution in [3.8, 4) is 0 Å². The minimum absolute atomic E-state index is 0.203. The summed E-state index contributed by atoms with van der Waals surface area (Å²) in [6.45, 7) is 5.01. The second-order valence-electron chi connectivity index (χ2n) is 7.08. The summed E-state index contributed by atoms with van der Waals surface area (Å²) >= 11 is 1.73. The minimum atomic E-state index is -0.203. The molecule has 0 radical (unpaired) electrons. The van der Waals surface area contributed by atoms with Gasteiger partial charge in [-0.05, 0) is 61.7 Å². The zero-order valence-electron chi connectivity index (χ0n) is 15.5. The molecule has 0 aliphatic carbocycles. The number of rotatable bonds is 6. The van der Waals surface area contributed by atoms with Crippen LogP contribution in [0.4, 0.5) is 10.2 Å². The van der Waals surface area contributed by atoms with Crippen LogP contribution in [-0.2, 0) is 6.42 Å². The average Bonchev–Trinajstić information content (AvgIpc) is 3.08. The van der Waals surface area contributed by atoms with Crippen molar-refractivity contribution in [2.24, 2.45) is 0 Å². The van der Waals surface area contributed by atoms with Crippen LogP contribution in [0.15, 0.2) is 30.2 Å². The monoisotopic (exact) mass is 385 g/mol. The van der Waals surface area contributed by atoms with Crippen LogP contribution in [0.5, 0.6) is 0 Å². The lowest BCUT2D eigenvalue weighted by Gasteiger charge is -2.33. The van der Waals surface area contributed by atoms with E-state index in [2.05, 4.69) is 37.5 Å². The van der Waals surface area contributed by atoms with Gasteiger partial charge < -0.3 is 10.2 Å². The highest BCUT2D eigenvalue weighted by atomic mass is 32.1. The summed E-state index contributed by atoms with van der Waals surface area (Å²) in [7, 11) is 0. The van der Waals surface area contributed by atoms with Crippen LogP contribution >= 0.6 is 11.3 Å². The van der Waals surface area contributed by atoms with Gasteiger partial charge in [0.1, 0.15) is 18.0 Å². The molecule has 142 valence electrons. The number of aryl methyl sites for hydroxylation is 2. The molecule has 4 heterocycles. The van der Waals surface area contributed by atoms with Crippen molar-refractivity contribution in [2.75, 3.05) is 24.5 Å². The summed E-state index contributed by atoms with van der Waals surface area (Å²) in [6.07, 6.45) is 8.50. The minimum Gasteiger partial charge on any atom is -0.355 e. The third-order valence-electron chi connectivity index (χ3n) is 5.22. The van der Waals surface area contributed by atoms with Gasteiger partial charge >= 0.3 is 0 Å². The Balaban J connectivity index is 1.26. The highest BCUT2D eigenvalue weighted by Gasteiger charge is 2.22. The Kier molecular flexibility index (Phi) is 5.59. The van der Waals surface area contributed by atoms with Gasteiger partial charge in [-0.2, -0.15) is 0 Å². The van der Waals surface area contributed by atoms with Crippen molar-refractivity contribution in [1.82, 2.24) is 20.3 Å². The molecular weight excluding hydrogens is 361 g/mol. The molecule has 1 aliphatic rings. The number of fused-ring (bicyclic) bond motifs is 1. The molecule has 0 spiro atoms. The van der Waals surface area contributed by atoms with Crippen LogP contribution in [0, 0.1) is 12.7 Å². The molecule has 1 aliphatic heterocycles. The van der Waals surface area contributed by atoms with Crippen molar-refractivity contribution in [3.05, 3.63) is 47.1 Å². The molecule has 7 heteroatoms. The Hall–Kier alpha value is -2.12. The maximum Gasteiger partial charge on any atom is 0.150 e. The number of anilines is 1. The van der Waals surface area contributed by atoms with Crippen LogP contribution in [0.2, 0.25) is 0 Å². The molecule has 3 aromatic rings. The van der Waals surface area contributed by atoms with Gasteiger partial charge in [-0.25, -0.2) is 14.4 Å². The van der Waals surface area contributed by atoms with Crippen molar-refractivity contribution >= 4 is 27.4 Å². The predicted molar refractivity (Wildman–Crippen MR) is 108 cm³/mol. The highest BCUT2D eigenvalue weighted by Crippen LogP contribution is 2.32. The molecule has 0 bridgehead atoms. The first-order valence-electron chi connectivity index (χ1n) is 9.48. The number of thiophene rings is 1. The first kappa shape index (κ1) is 18.3. The Bertz CT molecular complexity index is 904. The van der Waals surface area contributed by atoms with Gasteiger partial charge in [-0.15, -0.1) is 11.3 Å². The quantitative estimate of drug-likeness (QED) is 0.656. The third kappa shape index (κ3) is 4.09. The molecule has 0 unspecified atom stereocenters. The van der Waals surface area contributed by atoms with E-state index < -0.39 is 0 Å². The molecule has 27 heavy (non-hydrogen) atoms.